The minimum absolute atomic E-state index is 0.0587. The predicted octanol–water partition coefficient (Wildman–Crippen LogP) is 2.06. The first-order valence-corrected chi connectivity index (χ1v) is 6.95. The average molecular weight is 266 g/mol. The lowest BCUT2D eigenvalue weighted by Gasteiger charge is -2.30. The summed E-state index contributed by atoms with van der Waals surface area (Å²) in [5, 5.41) is 6.46. The number of benzene rings is 2. The molecule has 102 valence electrons. The van der Waals surface area contributed by atoms with Crippen molar-refractivity contribution in [2.75, 3.05) is 6.54 Å². The number of hydrogen-bond acceptors (Lipinski definition) is 2. The molecule has 1 saturated heterocycles. The topological polar surface area (TPSA) is 41.1 Å². The molecule has 3 nitrogen and oxygen atoms in total. The van der Waals surface area contributed by atoms with Crippen LogP contribution >= 0.6 is 0 Å². The van der Waals surface area contributed by atoms with Crippen LogP contribution in [0.3, 0.4) is 0 Å². The molecular formula is C17H18N2O. The summed E-state index contributed by atoms with van der Waals surface area (Å²) in [5.41, 5.74) is 2.26. The molecule has 2 N–H and O–H groups in total. The second kappa shape index (κ2) is 5.88. The summed E-state index contributed by atoms with van der Waals surface area (Å²) < 4.78 is 0. The number of amides is 1. The van der Waals surface area contributed by atoms with E-state index in [1.165, 1.54) is 5.56 Å². The highest BCUT2D eigenvalue weighted by atomic mass is 16.2. The lowest BCUT2D eigenvalue weighted by molar-refractivity contribution is -0.125. The van der Waals surface area contributed by atoms with Crippen molar-refractivity contribution in [1.82, 2.24) is 10.6 Å². The Morgan fingerprint density at radius 3 is 2.25 bits per heavy atom. The van der Waals surface area contributed by atoms with Gasteiger partial charge in [0, 0.05) is 12.6 Å². The Balaban J connectivity index is 1.64. The van der Waals surface area contributed by atoms with Crippen LogP contribution in [0.15, 0.2) is 60.7 Å². The average Bonchev–Trinajstić information content (AvgIpc) is 2.49. The molecular weight excluding hydrogens is 248 g/mol. The van der Waals surface area contributed by atoms with Gasteiger partial charge in [-0.3, -0.25) is 4.79 Å². The maximum absolute atomic E-state index is 12.2. The second-order valence-electron chi connectivity index (χ2n) is 5.15. The van der Waals surface area contributed by atoms with Crippen molar-refractivity contribution < 1.29 is 4.79 Å². The molecule has 1 aliphatic rings. The van der Waals surface area contributed by atoms with Crippen LogP contribution < -0.4 is 10.6 Å². The largest absolute Gasteiger partial charge is 0.350 e. The van der Waals surface area contributed by atoms with Crippen LogP contribution in [0.5, 0.6) is 0 Å². The predicted molar refractivity (Wildman–Crippen MR) is 79.3 cm³/mol. The van der Waals surface area contributed by atoms with E-state index in [2.05, 4.69) is 22.8 Å². The zero-order valence-corrected chi connectivity index (χ0v) is 11.3. The Hall–Kier alpha value is -2.13. The van der Waals surface area contributed by atoms with Crippen molar-refractivity contribution in [3.05, 3.63) is 71.8 Å². The molecule has 0 spiro atoms. The van der Waals surface area contributed by atoms with Crippen LogP contribution in [0.4, 0.5) is 0 Å². The molecule has 3 rings (SSSR count). The summed E-state index contributed by atoms with van der Waals surface area (Å²) in [6, 6.07) is 20.0. The second-order valence-corrected chi connectivity index (χ2v) is 5.15. The van der Waals surface area contributed by atoms with Crippen molar-refractivity contribution in [3.63, 3.8) is 0 Å². The van der Waals surface area contributed by atoms with Crippen molar-refractivity contribution >= 4 is 5.91 Å². The SMILES string of the molecule is O=C1N[C@@H](Cc2ccccc2)CNC1c1ccccc1. The Bertz CT molecular complexity index is 568. The fourth-order valence-electron chi connectivity index (χ4n) is 2.62. The van der Waals surface area contributed by atoms with E-state index in [1.54, 1.807) is 0 Å². The maximum atomic E-state index is 12.2. The molecule has 1 fully saturated rings. The Labute approximate surface area is 119 Å². The molecule has 2 aromatic rings. The lowest BCUT2D eigenvalue weighted by atomic mass is 9.99. The monoisotopic (exact) mass is 266 g/mol. The van der Waals surface area contributed by atoms with E-state index in [0.29, 0.717) is 0 Å². The van der Waals surface area contributed by atoms with Crippen molar-refractivity contribution in [1.29, 1.82) is 0 Å². The van der Waals surface area contributed by atoms with Gasteiger partial charge in [-0.15, -0.1) is 0 Å². The standard InChI is InChI=1S/C17H18N2O/c20-17-16(14-9-5-2-6-10-14)18-12-15(19-17)11-13-7-3-1-4-8-13/h1-10,15-16,18H,11-12H2,(H,19,20)/t15-,16?/m0/s1. The Morgan fingerprint density at radius 2 is 1.60 bits per heavy atom. The molecule has 0 bridgehead atoms. The van der Waals surface area contributed by atoms with Gasteiger partial charge in [-0.1, -0.05) is 60.7 Å². The number of hydrogen-bond donors (Lipinski definition) is 2. The summed E-state index contributed by atoms with van der Waals surface area (Å²) in [4.78, 5) is 12.2. The van der Waals surface area contributed by atoms with Gasteiger partial charge in [0.25, 0.3) is 0 Å². The molecule has 2 atom stereocenters. The van der Waals surface area contributed by atoms with Crippen molar-refractivity contribution in [2.45, 2.75) is 18.5 Å². The fourth-order valence-corrected chi connectivity index (χ4v) is 2.62. The van der Waals surface area contributed by atoms with Gasteiger partial charge in [0.1, 0.15) is 6.04 Å². The number of carbonyl (C=O) groups is 1. The summed E-state index contributed by atoms with van der Waals surface area (Å²) in [5.74, 6) is 0.0587. The number of piperazine rings is 1. The first-order chi connectivity index (χ1) is 9.83. The van der Waals surface area contributed by atoms with E-state index < -0.39 is 0 Å². The molecule has 0 saturated carbocycles. The third kappa shape index (κ3) is 2.89. The normalized spacial score (nSPS) is 22.3. The molecule has 1 unspecified atom stereocenters. The maximum Gasteiger partial charge on any atom is 0.242 e. The number of carbonyl (C=O) groups excluding carboxylic acids is 1. The van der Waals surface area contributed by atoms with E-state index >= 15 is 0 Å². The van der Waals surface area contributed by atoms with Crippen molar-refractivity contribution in [3.8, 4) is 0 Å². The third-order valence-electron chi connectivity index (χ3n) is 3.63. The minimum Gasteiger partial charge on any atom is -0.350 e. The summed E-state index contributed by atoms with van der Waals surface area (Å²) >= 11 is 0. The van der Waals surface area contributed by atoms with Crippen LogP contribution in [-0.2, 0) is 11.2 Å². The molecule has 1 amide bonds. The highest BCUT2D eigenvalue weighted by molar-refractivity contribution is 5.84. The highest BCUT2D eigenvalue weighted by Crippen LogP contribution is 2.16. The van der Waals surface area contributed by atoms with Crippen LogP contribution in [0.25, 0.3) is 0 Å². The number of rotatable bonds is 3. The van der Waals surface area contributed by atoms with Gasteiger partial charge < -0.3 is 10.6 Å². The first-order valence-electron chi connectivity index (χ1n) is 6.95. The Morgan fingerprint density at radius 1 is 0.950 bits per heavy atom. The highest BCUT2D eigenvalue weighted by Gasteiger charge is 2.28. The summed E-state index contributed by atoms with van der Waals surface area (Å²) in [7, 11) is 0. The molecule has 20 heavy (non-hydrogen) atoms. The molecule has 3 heteroatoms. The zero-order valence-electron chi connectivity index (χ0n) is 11.3. The van der Waals surface area contributed by atoms with Gasteiger partial charge in [-0.25, -0.2) is 0 Å². The van der Waals surface area contributed by atoms with Crippen LogP contribution in [0.2, 0.25) is 0 Å². The first kappa shape index (κ1) is 12.9. The van der Waals surface area contributed by atoms with Gasteiger partial charge in [-0.05, 0) is 17.5 Å². The molecule has 1 aliphatic heterocycles. The fraction of sp³-hybridized carbons (Fsp3) is 0.235. The van der Waals surface area contributed by atoms with Gasteiger partial charge in [0.2, 0.25) is 5.91 Å². The van der Waals surface area contributed by atoms with Crippen LogP contribution in [0.1, 0.15) is 17.2 Å². The van der Waals surface area contributed by atoms with Gasteiger partial charge >= 0.3 is 0 Å². The third-order valence-corrected chi connectivity index (χ3v) is 3.63. The summed E-state index contributed by atoms with van der Waals surface area (Å²) in [6.07, 6.45) is 0.862. The Kier molecular flexibility index (Phi) is 3.79. The molecule has 0 aromatic heterocycles. The van der Waals surface area contributed by atoms with E-state index in [9.17, 15) is 4.79 Å². The zero-order chi connectivity index (χ0) is 13.8. The molecule has 0 radical (unpaired) electrons. The van der Waals surface area contributed by atoms with Crippen LogP contribution in [0, 0.1) is 0 Å². The van der Waals surface area contributed by atoms with E-state index in [4.69, 9.17) is 0 Å². The van der Waals surface area contributed by atoms with Gasteiger partial charge in [0.05, 0.1) is 0 Å². The van der Waals surface area contributed by atoms with Crippen LogP contribution in [-0.4, -0.2) is 18.5 Å². The smallest absolute Gasteiger partial charge is 0.242 e. The molecule has 2 aromatic carbocycles. The minimum atomic E-state index is -0.233. The van der Waals surface area contributed by atoms with Gasteiger partial charge in [0.15, 0.2) is 0 Å². The summed E-state index contributed by atoms with van der Waals surface area (Å²) in [6.45, 7) is 0.792. The molecule has 0 aliphatic carbocycles. The van der Waals surface area contributed by atoms with E-state index in [-0.39, 0.29) is 18.0 Å². The number of nitrogens with one attached hydrogen (secondary N) is 2. The quantitative estimate of drug-likeness (QED) is 0.893. The molecule has 1 heterocycles. The lowest BCUT2D eigenvalue weighted by Crippen LogP contribution is -2.54. The van der Waals surface area contributed by atoms with E-state index in [0.717, 1.165) is 18.5 Å². The van der Waals surface area contributed by atoms with E-state index in [1.807, 2.05) is 48.5 Å². The van der Waals surface area contributed by atoms with Gasteiger partial charge in [-0.2, -0.15) is 0 Å². The van der Waals surface area contributed by atoms with Crippen molar-refractivity contribution in [2.24, 2.45) is 0 Å².